The van der Waals surface area contributed by atoms with E-state index in [9.17, 15) is 31.8 Å². The van der Waals surface area contributed by atoms with Crippen LogP contribution in [0, 0.1) is 0 Å². The molecule has 0 aliphatic carbocycles. The average molecular weight is 576 g/mol. The van der Waals surface area contributed by atoms with Crippen molar-refractivity contribution in [2.75, 3.05) is 57.4 Å². The second-order valence-electron chi connectivity index (χ2n) is 9.70. The number of thiol groups is 1. The summed E-state index contributed by atoms with van der Waals surface area (Å²) in [6, 6.07) is 11.3. The van der Waals surface area contributed by atoms with Crippen LogP contribution in [0.3, 0.4) is 0 Å². The Morgan fingerprint density at radius 2 is 1.74 bits per heavy atom. The molecule has 210 valence electrons. The Morgan fingerprint density at radius 3 is 2.37 bits per heavy atom. The van der Waals surface area contributed by atoms with E-state index in [1.165, 1.54) is 34.6 Å². The molecule has 13 heteroatoms. The van der Waals surface area contributed by atoms with Crippen molar-refractivity contribution in [1.29, 1.82) is 0 Å². The molecular formula is C25H32F3N3O5S2. The van der Waals surface area contributed by atoms with Crippen LogP contribution in [0.25, 0.3) is 0 Å². The molecule has 0 radical (unpaired) electrons. The van der Waals surface area contributed by atoms with Crippen LogP contribution >= 0.6 is 12.6 Å². The lowest BCUT2D eigenvalue weighted by atomic mass is 9.95. The SMILES string of the molecule is CC(O)(c1ccc(N2CCN(S(=O)(=O)c3ccccc3S)C[C@@H]2CN2CCOC[C@@H]2CO)cc1)C(F)(F)F. The maximum absolute atomic E-state index is 13.5. The smallest absolute Gasteiger partial charge is 0.395 e. The number of piperazine rings is 1. The number of sulfonamides is 1. The Hall–Kier alpha value is -1.87. The fraction of sp³-hybridized carbons (Fsp3) is 0.520. The summed E-state index contributed by atoms with van der Waals surface area (Å²) in [6.45, 7) is 2.95. The number of rotatable bonds is 7. The summed E-state index contributed by atoms with van der Waals surface area (Å²) in [7, 11) is -3.85. The zero-order chi connectivity index (χ0) is 27.7. The first-order chi connectivity index (χ1) is 17.9. The Labute approximate surface area is 226 Å². The minimum atomic E-state index is -4.84. The van der Waals surface area contributed by atoms with E-state index in [0.717, 1.165) is 0 Å². The van der Waals surface area contributed by atoms with Crippen LogP contribution in [0.1, 0.15) is 12.5 Å². The van der Waals surface area contributed by atoms with Gasteiger partial charge in [-0.3, -0.25) is 4.90 Å². The van der Waals surface area contributed by atoms with Gasteiger partial charge in [0.2, 0.25) is 10.0 Å². The van der Waals surface area contributed by atoms with Crippen LogP contribution in [0.5, 0.6) is 0 Å². The fourth-order valence-electron chi connectivity index (χ4n) is 4.87. The van der Waals surface area contributed by atoms with Crippen LogP contribution in [0.15, 0.2) is 58.3 Å². The predicted octanol–water partition coefficient (Wildman–Crippen LogP) is 2.32. The second-order valence-corrected chi connectivity index (χ2v) is 12.1. The Kier molecular flexibility index (Phi) is 8.67. The average Bonchev–Trinajstić information content (AvgIpc) is 2.88. The van der Waals surface area contributed by atoms with Crippen molar-refractivity contribution >= 4 is 28.3 Å². The van der Waals surface area contributed by atoms with E-state index in [2.05, 4.69) is 12.6 Å². The van der Waals surface area contributed by atoms with Crippen molar-refractivity contribution in [3.63, 3.8) is 0 Å². The second kappa shape index (κ2) is 11.3. The molecule has 0 saturated carbocycles. The van der Waals surface area contributed by atoms with E-state index in [1.807, 2.05) is 9.80 Å². The highest BCUT2D eigenvalue weighted by Gasteiger charge is 2.51. The summed E-state index contributed by atoms with van der Waals surface area (Å²) in [5, 5.41) is 19.9. The number of hydrogen-bond donors (Lipinski definition) is 3. The van der Waals surface area contributed by atoms with E-state index in [1.54, 1.807) is 18.2 Å². The summed E-state index contributed by atoms with van der Waals surface area (Å²) in [5.41, 5.74) is -2.68. The van der Waals surface area contributed by atoms with Gasteiger partial charge < -0.3 is 19.8 Å². The number of alkyl halides is 3. The Morgan fingerprint density at radius 1 is 1.05 bits per heavy atom. The molecule has 4 rings (SSSR count). The van der Waals surface area contributed by atoms with E-state index in [4.69, 9.17) is 4.74 Å². The first kappa shape index (κ1) is 29.1. The summed E-state index contributed by atoms with van der Waals surface area (Å²) in [4.78, 5) is 4.46. The van der Waals surface area contributed by atoms with E-state index >= 15 is 0 Å². The molecule has 2 aliphatic heterocycles. The van der Waals surface area contributed by atoms with Crippen LogP contribution in [0.2, 0.25) is 0 Å². The van der Waals surface area contributed by atoms with Crippen molar-refractivity contribution < 1.29 is 36.5 Å². The third-order valence-electron chi connectivity index (χ3n) is 7.25. The Balaban J connectivity index is 1.63. The van der Waals surface area contributed by atoms with Crippen molar-refractivity contribution in [3.05, 3.63) is 54.1 Å². The van der Waals surface area contributed by atoms with Gasteiger partial charge in [-0.15, -0.1) is 12.6 Å². The van der Waals surface area contributed by atoms with E-state index in [0.29, 0.717) is 50.4 Å². The normalized spacial score (nSPS) is 23.8. The number of hydrogen-bond acceptors (Lipinski definition) is 8. The zero-order valence-electron chi connectivity index (χ0n) is 20.9. The lowest BCUT2D eigenvalue weighted by Crippen LogP contribution is -2.61. The highest BCUT2D eigenvalue weighted by molar-refractivity contribution is 7.90. The lowest BCUT2D eigenvalue weighted by molar-refractivity contribution is -0.258. The molecule has 0 bridgehead atoms. The van der Waals surface area contributed by atoms with Crippen LogP contribution in [-0.2, 0) is 20.4 Å². The van der Waals surface area contributed by atoms with Crippen LogP contribution < -0.4 is 4.90 Å². The molecule has 0 spiro atoms. The van der Waals surface area contributed by atoms with Gasteiger partial charge in [-0.1, -0.05) is 24.3 Å². The minimum absolute atomic E-state index is 0.105. The molecule has 2 saturated heterocycles. The molecule has 38 heavy (non-hydrogen) atoms. The summed E-state index contributed by atoms with van der Waals surface area (Å²) in [5.74, 6) is 0. The monoisotopic (exact) mass is 575 g/mol. The van der Waals surface area contributed by atoms with Gasteiger partial charge in [0, 0.05) is 43.3 Å². The molecule has 2 aliphatic rings. The van der Waals surface area contributed by atoms with Crippen LogP contribution in [-0.4, -0.2) is 98.6 Å². The predicted molar refractivity (Wildman–Crippen MR) is 139 cm³/mol. The van der Waals surface area contributed by atoms with Gasteiger partial charge in [-0.25, -0.2) is 8.42 Å². The molecule has 8 nitrogen and oxygen atoms in total. The van der Waals surface area contributed by atoms with Gasteiger partial charge in [-0.2, -0.15) is 17.5 Å². The van der Waals surface area contributed by atoms with Gasteiger partial charge in [0.05, 0.1) is 36.8 Å². The molecule has 2 N–H and O–H groups in total. The van der Waals surface area contributed by atoms with Gasteiger partial charge in [0.25, 0.3) is 0 Å². The molecule has 0 amide bonds. The lowest BCUT2D eigenvalue weighted by Gasteiger charge is -2.46. The maximum Gasteiger partial charge on any atom is 0.421 e. The number of anilines is 1. The number of nitrogens with zero attached hydrogens (tertiary/aromatic N) is 3. The fourth-order valence-corrected chi connectivity index (χ4v) is 6.92. The highest BCUT2D eigenvalue weighted by Crippen LogP contribution is 2.39. The Bertz CT molecular complexity index is 1210. The largest absolute Gasteiger partial charge is 0.421 e. The molecule has 2 heterocycles. The quantitative estimate of drug-likeness (QED) is 0.437. The van der Waals surface area contributed by atoms with Gasteiger partial charge in [-0.05, 0) is 36.8 Å². The molecule has 2 aromatic carbocycles. The number of aliphatic hydroxyl groups is 2. The van der Waals surface area contributed by atoms with Crippen molar-refractivity contribution in [1.82, 2.24) is 9.21 Å². The maximum atomic E-state index is 13.5. The molecular weight excluding hydrogens is 543 g/mol. The standard InChI is InChI=1S/C25H32F3N3O5S2/c1-24(33,25(26,27)28)18-6-8-19(9-7-18)31-11-10-30(38(34,35)23-5-3-2-4-22(23)37)15-20(31)14-29-12-13-36-17-21(29)16-32/h2-9,20-21,32-33,37H,10-17H2,1H3/t20-,21-,24?/m0/s1. The summed E-state index contributed by atoms with van der Waals surface area (Å²) in [6.07, 6.45) is -4.84. The van der Waals surface area contributed by atoms with Gasteiger partial charge in [0.1, 0.15) is 0 Å². The number of halogens is 3. The van der Waals surface area contributed by atoms with E-state index in [-0.39, 0.29) is 42.2 Å². The van der Waals surface area contributed by atoms with Crippen molar-refractivity contribution in [2.45, 2.75) is 40.6 Å². The molecule has 2 aromatic rings. The molecule has 3 atom stereocenters. The topological polar surface area (TPSA) is 93.6 Å². The van der Waals surface area contributed by atoms with Crippen molar-refractivity contribution in [3.8, 4) is 0 Å². The molecule has 0 aromatic heterocycles. The first-order valence-corrected chi connectivity index (χ1v) is 14.1. The molecule has 2 fully saturated rings. The number of aliphatic hydroxyl groups excluding tert-OH is 1. The third-order valence-corrected chi connectivity index (χ3v) is 9.71. The number of benzene rings is 2. The zero-order valence-corrected chi connectivity index (χ0v) is 22.6. The summed E-state index contributed by atoms with van der Waals surface area (Å²) >= 11 is 4.32. The third kappa shape index (κ3) is 5.83. The minimum Gasteiger partial charge on any atom is -0.395 e. The first-order valence-electron chi connectivity index (χ1n) is 12.2. The molecule has 1 unspecified atom stereocenters. The highest BCUT2D eigenvalue weighted by atomic mass is 32.2. The van der Waals surface area contributed by atoms with Crippen molar-refractivity contribution in [2.24, 2.45) is 0 Å². The van der Waals surface area contributed by atoms with Gasteiger partial charge >= 0.3 is 6.18 Å². The van der Waals surface area contributed by atoms with E-state index < -0.39 is 21.8 Å². The number of ether oxygens (including phenoxy) is 1. The van der Waals surface area contributed by atoms with Gasteiger partial charge in [0.15, 0.2) is 5.60 Å². The number of morpholine rings is 1. The summed E-state index contributed by atoms with van der Waals surface area (Å²) < 4.78 is 73.9. The van der Waals surface area contributed by atoms with Crippen LogP contribution in [0.4, 0.5) is 18.9 Å².